The van der Waals surface area contributed by atoms with Gasteiger partial charge >= 0.3 is 0 Å². The number of amidine groups is 1. The van der Waals surface area contributed by atoms with Gasteiger partial charge in [-0.3, -0.25) is 15.5 Å². The number of hydrogen-bond donors (Lipinski definition) is 4. The van der Waals surface area contributed by atoms with Gasteiger partial charge in [0.15, 0.2) is 4.75 Å². The van der Waals surface area contributed by atoms with E-state index in [-0.39, 0.29) is 23.5 Å². The van der Waals surface area contributed by atoms with E-state index in [1.165, 1.54) is 12.1 Å². The van der Waals surface area contributed by atoms with Crippen LogP contribution in [0.1, 0.15) is 32.3 Å². The van der Waals surface area contributed by atoms with Gasteiger partial charge in [0.2, 0.25) is 5.96 Å². The number of thiol groups is 1. The number of nitrogens with two attached hydrogens (primary N) is 1. The Morgan fingerprint density at radius 1 is 1.44 bits per heavy atom. The van der Waals surface area contributed by atoms with Crippen LogP contribution in [0, 0.1) is 5.41 Å². The molecule has 1 aromatic rings. The predicted molar refractivity (Wildman–Crippen MR) is 101 cm³/mol. The van der Waals surface area contributed by atoms with Crippen LogP contribution in [0.15, 0.2) is 29.3 Å². The Balaban J connectivity index is 1.96. The summed E-state index contributed by atoms with van der Waals surface area (Å²) in [7, 11) is 0. The lowest BCUT2D eigenvalue weighted by Gasteiger charge is -2.23. The van der Waals surface area contributed by atoms with Crippen molar-refractivity contribution >= 4 is 29.5 Å². The summed E-state index contributed by atoms with van der Waals surface area (Å²) in [6.45, 7) is 5.18. The van der Waals surface area contributed by atoms with Crippen LogP contribution in [0.3, 0.4) is 0 Å². The maximum atomic E-state index is 12.5. The summed E-state index contributed by atoms with van der Waals surface area (Å²) in [5, 5.41) is 20.2. The zero-order valence-electron chi connectivity index (χ0n) is 14.5. The normalized spacial score (nSPS) is 16.5. The van der Waals surface area contributed by atoms with Gasteiger partial charge in [-0.2, -0.15) is 4.99 Å². The van der Waals surface area contributed by atoms with Gasteiger partial charge in [-0.25, -0.2) is 0 Å². The molecule has 1 aromatic carbocycles. The third-order valence-electron chi connectivity index (χ3n) is 3.86. The van der Waals surface area contributed by atoms with E-state index < -0.39 is 4.75 Å². The number of nitrogens with zero attached hydrogens (tertiary/aromatic N) is 1. The van der Waals surface area contributed by atoms with Crippen molar-refractivity contribution in [3.63, 3.8) is 0 Å². The number of benzene rings is 1. The van der Waals surface area contributed by atoms with Crippen molar-refractivity contribution in [2.75, 3.05) is 13.2 Å². The highest BCUT2D eigenvalue weighted by Gasteiger charge is 2.40. The van der Waals surface area contributed by atoms with Crippen LogP contribution in [0.25, 0.3) is 0 Å². The number of hydrogen-bond acceptors (Lipinski definition) is 4. The van der Waals surface area contributed by atoms with E-state index in [1.54, 1.807) is 12.1 Å². The summed E-state index contributed by atoms with van der Waals surface area (Å²) in [5.41, 5.74) is 6.31. The zero-order chi connectivity index (χ0) is 18.4. The van der Waals surface area contributed by atoms with Crippen LogP contribution in [0.5, 0.6) is 5.75 Å². The first-order valence-corrected chi connectivity index (χ1v) is 9.07. The number of rotatable bonds is 4. The van der Waals surface area contributed by atoms with E-state index in [2.05, 4.69) is 10.3 Å². The van der Waals surface area contributed by atoms with Crippen molar-refractivity contribution in [2.24, 2.45) is 10.7 Å². The maximum absolute atomic E-state index is 12.5. The number of aliphatic imine (C=N–C) groups is 1. The van der Waals surface area contributed by atoms with Gasteiger partial charge in [0.25, 0.3) is 5.91 Å². The lowest BCUT2D eigenvalue weighted by molar-refractivity contribution is -0.121. The molecule has 25 heavy (non-hydrogen) atoms. The average molecular weight is 365 g/mol. The van der Waals surface area contributed by atoms with Gasteiger partial charge in [-0.15, -0.1) is 0 Å². The standard InChI is InChI=1S/C17H24N4O3S/c1-17(2,25-13-6-8-24-9-7-13)15(23)21-16(19)20-14(18)11-4-3-5-12(22)10-11/h3-5,10,13,22H,6-9H2,1-2H3,(H4,18,19,20,21,23)/p+1. The van der Waals surface area contributed by atoms with Crippen LogP contribution in [0.4, 0.5) is 0 Å². The monoisotopic (exact) mass is 365 g/mol. The number of aromatic hydroxyl groups is 1. The number of amides is 1. The van der Waals surface area contributed by atoms with Gasteiger partial charge in [0.05, 0.1) is 13.2 Å². The molecule has 7 nitrogen and oxygen atoms in total. The highest BCUT2D eigenvalue weighted by Crippen LogP contribution is 2.20. The fourth-order valence-corrected chi connectivity index (χ4v) is 4.02. The molecule has 2 rings (SSSR count). The van der Waals surface area contributed by atoms with Gasteiger partial charge < -0.3 is 15.6 Å². The van der Waals surface area contributed by atoms with E-state index in [0.29, 0.717) is 10.8 Å². The van der Waals surface area contributed by atoms with E-state index in [0.717, 1.165) is 37.8 Å². The van der Waals surface area contributed by atoms with Gasteiger partial charge in [0, 0.05) is 18.4 Å². The quantitative estimate of drug-likeness (QED) is 0.274. The fraction of sp³-hybridized carbons (Fsp3) is 0.471. The summed E-state index contributed by atoms with van der Waals surface area (Å²) >= 11 is 1.02. The van der Waals surface area contributed by atoms with Gasteiger partial charge in [-0.05, 0) is 37.7 Å². The molecule has 1 saturated heterocycles. The first-order valence-electron chi connectivity index (χ1n) is 8.11. The molecular formula is C17H25N4O3S+. The maximum Gasteiger partial charge on any atom is 0.282 e. The highest BCUT2D eigenvalue weighted by molar-refractivity contribution is 7.81. The number of phenolic OH excluding ortho intramolecular Hbond substituents is 1. The number of guanidine groups is 1. The first-order chi connectivity index (χ1) is 11.8. The van der Waals surface area contributed by atoms with Gasteiger partial charge in [0.1, 0.15) is 16.8 Å². The SMILES string of the molecule is CC(C)([SH+]C1CCOCC1)C(=O)NC(=N)N=C(N)c1cccc(O)c1. The zero-order valence-corrected chi connectivity index (χ0v) is 15.3. The molecule has 8 heteroatoms. The Hall–Kier alpha value is -2.06. The summed E-state index contributed by atoms with van der Waals surface area (Å²) in [5.74, 6) is -0.470. The van der Waals surface area contributed by atoms with E-state index in [1.807, 2.05) is 13.8 Å². The van der Waals surface area contributed by atoms with Crippen molar-refractivity contribution in [3.05, 3.63) is 29.8 Å². The average Bonchev–Trinajstić information content (AvgIpc) is 2.55. The molecule has 0 aromatic heterocycles. The Kier molecular flexibility index (Phi) is 6.44. The topological polar surface area (TPSA) is 121 Å². The van der Waals surface area contributed by atoms with Gasteiger partial charge in [-0.1, -0.05) is 12.1 Å². The molecule has 0 bridgehead atoms. The number of carbonyl (C=O) groups excluding carboxylic acids is 1. The van der Waals surface area contributed by atoms with E-state index >= 15 is 0 Å². The van der Waals surface area contributed by atoms with Crippen molar-refractivity contribution < 1.29 is 14.6 Å². The minimum atomic E-state index is -0.635. The molecule has 1 aliphatic rings. The van der Waals surface area contributed by atoms with Crippen molar-refractivity contribution in [2.45, 2.75) is 36.7 Å². The number of carbonyl (C=O) groups is 1. The van der Waals surface area contributed by atoms with Crippen LogP contribution in [-0.4, -0.2) is 46.0 Å². The van der Waals surface area contributed by atoms with Crippen molar-refractivity contribution in [3.8, 4) is 5.75 Å². The molecular weight excluding hydrogens is 340 g/mol. The Morgan fingerprint density at radius 2 is 2.12 bits per heavy atom. The largest absolute Gasteiger partial charge is 0.508 e. The third kappa shape index (κ3) is 5.75. The summed E-state index contributed by atoms with van der Waals surface area (Å²) in [6.07, 6.45) is 1.89. The van der Waals surface area contributed by atoms with Crippen LogP contribution < -0.4 is 11.1 Å². The summed E-state index contributed by atoms with van der Waals surface area (Å²) in [6, 6.07) is 6.26. The summed E-state index contributed by atoms with van der Waals surface area (Å²) < 4.78 is 4.71. The Labute approximate surface area is 151 Å². The van der Waals surface area contributed by atoms with Crippen LogP contribution >= 0.6 is 0 Å². The molecule has 5 N–H and O–H groups in total. The molecule has 1 amide bonds. The van der Waals surface area contributed by atoms with Crippen molar-refractivity contribution in [1.82, 2.24) is 5.32 Å². The molecule has 0 saturated carbocycles. The lowest BCUT2D eigenvalue weighted by Crippen LogP contribution is -2.48. The number of ether oxygens (including phenoxy) is 1. The lowest BCUT2D eigenvalue weighted by atomic mass is 10.2. The number of nitrogens with one attached hydrogen (secondary N) is 2. The molecule has 1 aliphatic heterocycles. The molecule has 0 spiro atoms. The van der Waals surface area contributed by atoms with E-state index in [4.69, 9.17) is 15.9 Å². The smallest absolute Gasteiger partial charge is 0.282 e. The second kappa shape index (κ2) is 8.35. The predicted octanol–water partition coefficient (Wildman–Crippen LogP) is 0.921. The van der Waals surface area contributed by atoms with Crippen molar-refractivity contribution in [1.29, 1.82) is 5.41 Å². The molecule has 0 atom stereocenters. The molecule has 136 valence electrons. The Morgan fingerprint density at radius 3 is 2.76 bits per heavy atom. The summed E-state index contributed by atoms with van der Waals surface area (Å²) in [4.78, 5) is 16.4. The highest BCUT2D eigenvalue weighted by atomic mass is 32.2. The second-order valence-electron chi connectivity index (χ2n) is 6.38. The molecule has 0 radical (unpaired) electrons. The minimum Gasteiger partial charge on any atom is -0.508 e. The fourth-order valence-electron chi connectivity index (χ4n) is 2.47. The molecule has 1 heterocycles. The minimum absolute atomic E-state index is 0.0565. The Bertz CT molecular complexity index is 670. The van der Waals surface area contributed by atoms with Crippen LogP contribution in [0.2, 0.25) is 0 Å². The first kappa shape index (κ1) is 19.3. The van der Waals surface area contributed by atoms with E-state index in [9.17, 15) is 9.90 Å². The number of phenols is 1. The molecule has 0 unspecified atom stereocenters. The third-order valence-corrected chi connectivity index (χ3v) is 5.59. The second-order valence-corrected chi connectivity index (χ2v) is 8.49. The van der Waals surface area contributed by atoms with Crippen LogP contribution in [-0.2, 0) is 21.3 Å². The molecule has 0 aliphatic carbocycles. The molecule has 1 fully saturated rings.